The second-order valence-corrected chi connectivity index (χ2v) is 8.29. The molecule has 150 valence electrons. The summed E-state index contributed by atoms with van der Waals surface area (Å²) in [6.07, 6.45) is 5.03. The van der Waals surface area contributed by atoms with E-state index in [1.54, 1.807) is 23.4 Å². The minimum absolute atomic E-state index is 0.00312. The van der Waals surface area contributed by atoms with Crippen LogP contribution in [0.4, 0.5) is 13.2 Å². The van der Waals surface area contributed by atoms with E-state index in [0.29, 0.717) is 22.8 Å². The van der Waals surface area contributed by atoms with Crippen LogP contribution in [0.1, 0.15) is 55.9 Å². The second-order valence-electron chi connectivity index (χ2n) is 7.44. The van der Waals surface area contributed by atoms with Crippen molar-refractivity contribution in [2.45, 2.75) is 50.9 Å². The standard InChI is InChI=1S/C20H22F3N3OS/c21-20(22,23)15-12-28-19-14(15)11-26(10-8-13-5-2-1-3-6-13)18(25-19)17-16(27)7-4-9-24-17/h4,7,9,11-13,18,27H,1-3,5-6,8,10H2. The number of fused-ring (bicyclic) bond motifs is 1. The molecule has 2 aliphatic rings. The highest BCUT2D eigenvalue weighted by Crippen LogP contribution is 2.33. The Kier molecular flexibility index (Phi) is 5.31. The summed E-state index contributed by atoms with van der Waals surface area (Å²) >= 11 is 0.977. The summed E-state index contributed by atoms with van der Waals surface area (Å²) in [4.78, 5) is 10.6. The summed E-state index contributed by atoms with van der Waals surface area (Å²) in [5.41, 5.74) is -0.280. The maximum atomic E-state index is 13.4. The smallest absolute Gasteiger partial charge is 0.417 e. The Labute approximate surface area is 165 Å². The molecule has 0 spiro atoms. The topological polar surface area (TPSA) is 48.7 Å². The van der Waals surface area contributed by atoms with Crippen molar-refractivity contribution in [2.24, 2.45) is 10.9 Å². The molecule has 2 aromatic rings. The fourth-order valence-corrected chi connectivity index (χ4v) is 4.98. The molecule has 1 saturated carbocycles. The van der Waals surface area contributed by atoms with Crippen LogP contribution in [0.15, 0.2) is 28.7 Å². The molecule has 3 heterocycles. The highest BCUT2D eigenvalue weighted by molar-refractivity contribution is 7.07. The monoisotopic (exact) mass is 409 g/mol. The number of aromatic nitrogens is 1. The molecule has 2 aromatic heterocycles. The van der Waals surface area contributed by atoms with Crippen LogP contribution < -0.4 is 9.89 Å². The van der Waals surface area contributed by atoms with Crippen LogP contribution in [-0.4, -0.2) is 21.5 Å². The van der Waals surface area contributed by atoms with Crippen LogP contribution >= 0.6 is 11.3 Å². The van der Waals surface area contributed by atoms with E-state index in [-0.39, 0.29) is 11.0 Å². The third-order valence-electron chi connectivity index (χ3n) is 5.54. The third-order valence-corrected chi connectivity index (χ3v) is 6.45. The first-order chi connectivity index (χ1) is 13.4. The molecule has 1 fully saturated rings. The van der Waals surface area contributed by atoms with Crippen molar-refractivity contribution in [1.82, 2.24) is 9.88 Å². The van der Waals surface area contributed by atoms with Gasteiger partial charge in [-0.25, -0.2) is 4.99 Å². The zero-order chi connectivity index (χ0) is 19.7. The van der Waals surface area contributed by atoms with Gasteiger partial charge in [0.25, 0.3) is 0 Å². The third kappa shape index (κ3) is 3.87. The van der Waals surface area contributed by atoms with Gasteiger partial charge in [0.15, 0.2) is 6.17 Å². The SMILES string of the molecule is Oc1cccnc1C1N=c2scc(C(F)(F)F)c2=CN1CCC1CCCCC1. The van der Waals surface area contributed by atoms with Crippen LogP contribution in [0.3, 0.4) is 0 Å². The maximum absolute atomic E-state index is 13.4. The molecule has 0 saturated heterocycles. The number of alkyl halides is 3. The zero-order valence-electron chi connectivity index (χ0n) is 15.3. The van der Waals surface area contributed by atoms with Crippen LogP contribution in [0, 0.1) is 5.92 Å². The van der Waals surface area contributed by atoms with Crippen LogP contribution in [-0.2, 0) is 6.18 Å². The van der Waals surface area contributed by atoms with E-state index in [1.165, 1.54) is 38.2 Å². The molecule has 4 rings (SSSR count). The second kappa shape index (κ2) is 7.73. The highest BCUT2D eigenvalue weighted by atomic mass is 32.1. The summed E-state index contributed by atoms with van der Waals surface area (Å²) < 4.78 is 40.4. The van der Waals surface area contributed by atoms with E-state index >= 15 is 0 Å². The first kappa shape index (κ1) is 19.2. The number of hydrogen-bond acceptors (Lipinski definition) is 5. The molecule has 28 heavy (non-hydrogen) atoms. The van der Waals surface area contributed by atoms with Crippen molar-refractivity contribution < 1.29 is 18.3 Å². The van der Waals surface area contributed by atoms with Crippen molar-refractivity contribution in [3.63, 3.8) is 0 Å². The molecule has 1 aliphatic heterocycles. The number of thiophene rings is 1. The Hall–Kier alpha value is -2.09. The molecule has 1 N–H and O–H groups in total. The number of nitrogens with zero attached hydrogens (tertiary/aromatic N) is 3. The molecule has 1 unspecified atom stereocenters. The minimum Gasteiger partial charge on any atom is -0.506 e. The average Bonchev–Trinajstić information content (AvgIpc) is 3.10. The largest absolute Gasteiger partial charge is 0.506 e. The Morgan fingerprint density at radius 2 is 2.00 bits per heavy atom. The predicted octanol–water partition coefficient (Wildman–Crippen LogP) is 4.21. The van der Waals surface area contributed by atoms with Gasteiger partial charge < -0.3 is 10.0 Å². The summed E-state index contributed by atoms with van der Waals surface area (Å²) in [5.74, 6) is 0.592. The van der Waals surface area contributed by atoms with Gasteiger partial charge in [0.1, 0.15) is 16.1 Å². The summed E-state index contributed by atoms with van der Waals surface area (Å²) in [7, 11) is 0. The van der Waals surface area contributed by atoms with Crippen molar-refractivity contribution in [1.29, 1.82) is 0 Å². The summed E-state index contributed by atoms with van der Waals surface area (Å²) in [6.45, 7) is 0.585. The average molecular weight is 409 g/mol. The summed E-state index contributed by atoms with van der Waals surface area (Å²) in [5, 5.41) is 11.5. The number of aromatic hydroxyl groups is 1. The van der Waals surface area contributed by atoms with Crippen molar-refractivity contribution in [2.75, 3.05) is 6.54 Å². The van der Waals surface area contributed by atoms with E-state index < -0.39 is 17.9 Å². The molecular formula is C20H22F3N3OS. The Morgan fingerprint density at radius 3 is 2.71 bits per heavy atom. The first-order valence-corrected chi connectivity index (χ1v) is 10.5. The van der Waals surface area contributed by atoms with Crippen molar-refractivity contribution in [3.05, 3.63) is 44.9 Å². The molecule has 8 heteroatoms. The van der Waals surface area contributed by atoms with E-state index in [1.807, 2.05) is 0 Å². The number of pyridine rings is 1. The molecule has 1 aliphatic carbocycles. The van der Waals surface area contributed by atoms with Gasteiger partial charge in [0, 0.05) is 29.5 Å². The molecule has 4 nitrogen and oxygen atoms in total. The van der Waals surface area contributed by atoms with Gasteiger partial charge in [-0.3, -0.25) is 4.98 Å². The fraction of sp³-hybridized carbons (Fsp3) is 0.500. The maximum Gasteiger partial charge on any atom is 0.417 e. The molecule has 0 radical (unpaired) electrons. The zero-order valence-corrected chi connectivity index (χ0v) is 16.1. The minimum atomic E-state index is -4.41. The number of rotatable bonds is 4. The lowest BCUT2D eigenvalue weighted by Crippen LogP contribution is -2.39. The van der Waals surface area contributed by atoms with Gasteiger partial charge >= 0.3 is 6.18 Å². The molecule has 0 amide bonds. The van der Waals surface area contributed by atoms with Gasteiger partial charge in [0.2, 0.25) is 0 Å². The van der Waals surface area contributed by atoms with Gasteiger partial charge in [-0.05, 0) is 24.5 Å². The Morgan fingerprint density at radius 1 is 1.21 bits per heavy atom. The van der Waals surface area contributed by atoms with E-state index in [9.17, 15) is 18.3 Å². The van der Waals surface area contributed by atoms with Gasteiger partial charge in [-0.2, -0.15) is 13.2 Å². The van der Waals surface area contributed by atoms with E-state index in [4.69, 9.17) is 0 Å². The predicted molar refractivity (Wildman–Crippen MR) is 101 cm³/mol. The van der Waals surface area contributed by atoms with Crippen LogP contribution in [0.5, 0.6) is 5.75 Å². The van der Waals surface area contributed by atoms with Crippen molar-refractivity contribution >= 4 is 17.5 Å². The van der Waals surface area contributed by atoms with E-state index in [2.05, 4.69) is 9.98 Å². The quantitative estimate of drug-likeness (QED) is 0.823. The Bertz CT molecular complexity index is 950. The van der Waals surface area contributed by atoms with Gasteiger partial charge in [0.05, 0.1) is 5.56 Å². The normalized spacial score (nSPS) is 20.4. The molecule has 1 atom stereocenters. The van der Waals surface area contributed by atoms with Crippen LogP contribution in [0.25, 0.3) is 6.20 Å². The van der Waals surface area contributed by atoms with Crippen LogP contribution in [0.2, 0.25) is 0 Å². The van der Waals surface area contributed by atoms with Gasteiger partial charge in [-0.15, -0.1) is 11.3 Å². The highest BCUT2D eigenvalue weighted by Gasteiger charge is 2.35. The first-order valence-electron chi connectivity index (χ1n) is 9.57. The molecule has 0 bridgehead atoms. The van der Waals surface area contributed by atoms with E-state index in [0.717, 1.165) is 23.1 Å². The molecule has 0 aromatic carbocycles. The fourth-order valence-electron chi connectivity index (χ4n) is 4.04. The lowest BCUT2D eigenvalue weighted by atomic mass is 9.87. The van der Waals surface area contributed by atoms with Crippen molar-refractivity contribution in [3.8, 4) is 5.75 Å². The lowest BCUT2D eigenvalue weighted by Gasteiger charge is -2.31. The number of hydrogen-bond donors (Lipinski definition) is 1. The lowest BCUT2D eigenvalue weighted by molar-refractivity contribution is -0.138. The number of halogens is 3. The Balaban J connectivity index is 1.70. The molecular weight excluding hydrogens is 387 g/mol. The summed E-state index contributed by atoms with van der Waals surface area (Å²) in [6, 6.07) is 3.15. The van der Waals surface area contributed by atoms with Gasteiger partial charge in [-0.1, -0.05) is 32.1 Å².